The van der Waals surface area contributed by atoms with Crippen LogP contribution in [0.25, 0.3) is 11.0 Å². The van der Waals surface area contributed by atoms with E-state index in [-0.39, 0.29) is 5.69 Å². The molecule has 4 rings (SSSR count). The number of benzene rings is 3. The summed E-state index contributed by atoms with van der Waals surface area (Å²) >= 11 is 1.22. The van der Waals surface area contributed by atoms with E-state index in [1.165, 1.54) is 24.1 Å². The summed E-state index contributed by atoms with van der Waals surface area (Å²) < 4.78 is 8.44. The second kappa shape index (κ2) is 8.66. The van der Waals surface area contributed by atoms with Crippen LogP contribution in [0.4, 0.5) is 23.0 Å². The lowest BCUT2D eigenvalue weighted by atomic mass is 10.3. The zero-order valence-corrected chi connectivity index (χ0v) is 16.7. The second-order valence-electron chi connectivity index (χ2n) is 6.23. The SMILES string of the molecule is COc1cccc(Nc2nc3ccccc3nc2NSc2cccc([N+](=O)[O-])c2)c1. The lowest BCUT2D eigenvalue weighted by Gasteiger charge is -2.13. The van der Waals surface area contributed by atoms with Crippen molar-refractivity contribution in [3.63, 3.8) is 0 Å². The molecule has 2 N–H and O–H groups in total. The van der Waals surface area contributed by atoms with Crippen molar-refractivity contribution in [1.82, 2.24) is 9.97 Å². The van der Waals surface area contributed by atoms with Gasteiger partial charge < -0.3 is 14.8 Å². The Bertz CT molecular complexity index is 1220. The van der Waals surface area contributed by atoms with Crippen LogP contribution < -0.4 is 14.8 Å². The molecule has 9 heteroatoms. The maximum absolute atomic E-state index is 11.0. The van der Waals surface area contributed by atoms with E-state index in [4.69, 9.17) is 4.74 Å². The summed E-state index contributed by atoms with van der Waals surface area (Å²) in [6.45, 7) is 0. The molecule has 8 nitrogen and oxygen atoms in total. The molecule has 1 aromatic heterocycles. The smallest absolute Gasteiger partial charge is 0.270 e. The minimum absolute atomic E-state index is 0.0288. The van der Waals surface area contributed by atoms with E-state index in [1.54, 1.807) is 19.2 Å². The number of rotatable bonds is 7. The van der Waals surface area contributed by atoms with E-state index in [2.05, 4.69) is 20.0 Å². The highest BCUT2D eigenvalue weighted by molar-refractivity contribution is 8.00. The van der Waals surface area contributed by atoms with Gasteiger partial charge in [-0.1, -0.05) is 24.3 Å². The highest BCUT2D eigenvalue weighted by Gasteiger charge is 2.12. The molecule has 0 aliphatic heterocycles. The van der Waals surface area contributed by atoms with Crippen molar-refractivity contribution < 1.29 is 9.66 Å². The molecule has 0 aliphatic carbocycles. The molecule has 0 saturated carbocycles. The molecule has 0 bridgehead atoms. The van der Waals surface area contributed by atoms with Gasteiger partial charge in [0.2, 0.25) is 0 Å². The number of aromatic nitrogens is 2. The molecule has 0 unspecified atom stereocenters. The first-order chi connectivity index (χ1) is 14.6. The Kier molecular flexibility index (Phi) is 5.62. The van der Waals surface area contributed by atoms with Crippen LogP contribution in [-0.4, -0.2) is 22.0 Å². The summed E-state index contributed by atoms with van der Waals surface area (Å²) in [4.78, 5) is 20.6. The van der Waals surface area contributed by atoms with Crippen molar-refractivity contribution >= 4 is 46.0 Å². The molecular formula is C21H17N5O3S. The van der Waals surface area contributed by atoms with Gasteiger partial charge in [0, 0.05) is 28.8 Å². The number of anilines is 3. The highest BCUT2D eigenvalue weighted by atomic mass is 32.2. The third-order valence-corrected chi connectivity index (χ3v) is 4.98. The fourth-order valence-electron chi connectivity index (χ4n) is 2.76. The Labute approximate surface area is 176 Å². The van der Waals surface area contributed by atoms with Crippen molar-refractivity contribution in [2.45, 2.75) is 4.90 Å². The number of hydrogen-bond acceptors (Lipinski definition) is 8. The zero-order valence-electron chi connectivity index (χ0n) is 15.9. The maximum Gasteiger partial charge on any atom is 0.270 e. The molecule has 0 aliphatic rings. The fraction of sp³-hybridized carbons (Fsp3) is 0.0476. The van der Waals surface area contributed by atoms with Crippen molar-refractivity contribution in [2.75, 3.05) is 17.1 Å². The van der Waals surface area contributed by atoms with Crippen LogP contribution in [0.2, 0.25) is 0 Å². The number of nitrogens with zero attached hydrogens (tertiary/aromatic N) is 3. The number of para-hydroxylation sites is 2. The first-order valence-electron chi connectivity index (χ1n) is 8.97. The Morgan fingerprint density at radius 2 is 1.67 bits per heavy atom. The molecule has 0 amide bonds. The van der Waals surface area contributed by atoms with Gasteiger partial charge in [-0.3, -0.25) is 10.1 Å². The van der Waals surface area contributed by atoms with Gasteiger partial charge in [0.15, 0.2) is 11.6 Å². The van der Waals surface area contributed by atoms with Crippen LogP contribution in [0.15, 0.2) is 77.7 Å². The van der Waals surface area contributed by atoms with E-state index in [1.807, 2.05) is 48.5 Å². The maximum atomic E-state index is 11.0. The summed E-state index contributed by atoms with van der Waals surface area (Å²) in [5.74, 6) is 1.75. The van der Waals surface area contributed by atoms with Gasteiger partial charge in [-0.2, -0.15) is 0 Å². The van der Waals surface area contributed by atoms with Gasteiger partial charge in [0.25, 0.3) is 5.69 Å². The van der Waals surface area contributed by atoms with Gasteiger partial charge in [0.1, 0.15) is 5.75 Å². The lowest BCUT2D eigenvalue weighted by molar-refractivity contribution is -0.385. The van der Waals surface area contributed by atoms with Gasteiger partial charge in [-0.15, -0.1) is 0 Å². The van der Waals surface area contributed by atoms with E-state index in [0.29, 0.717) is 22.3 Å². The predicted molar refractivity (Wildman–Crippen MR) is 118 cm³/mol. The highest BCUT2D eigenvalue weighted by Crippen LogP contribution is 2.30. The average molecular weight is 419 g/mol. The summed E-state index contributed by atoms with van der Waals surface area (Å²) in [5.41, 5.74) is 2.30. The standard InChI is InChI=1S/C21H17N5O3S/c1-29-16-8-4-6-14(12-16)22-20-21(24-19-11-3-2-10-18(19)23-20)25-30-17-9-5-7-15(13-17)26(27)28/h2-13H,1H3,(H,22,23)(H,24,25). The molecule has 3 aromatic carbocycles. The largest absolute Gasteiger partial charge is 0.497 e. The van der Waals surface area contributed by atoms with E-state index in [0.717, 1.165) is 16.7 Å². The third-order valence-electron chi connectivity index (χ3n) is 4.20. The average Bonchev–Trinajstić information content (AvgIpc) is 2.78. The molecule has 0 saturated heterocycles. The van der Waals surface area contributed by atoms with Crippen molar-refractivity contribution in [3.8, 4) is 5.75 Å². The van der Waals surface area contributed by atoms with Gasteiger partial charge in [0.05, 0.1) is 23.1 Å². The van der Waals surface area contributed by atoms with Crippen LogP contribution in [0.1, 0.15) is 0 Å². The third kappa shape index (κ3) is 4.41. The molecule has 0 atom stereocenters. The van der Waals surface area contributed by atoms with Gasteiger partial charge in [-0.25, -0.2) is 9.97 Å². The van der Waals surface area contributed by atoms with Crippen LogP contribution in [0.5, 0.6) is 5.75 Å². The minimum Gasteiger partial charge on any atom is -0.497 e. The van der Waals surface area contributed by atoms with Crippen LogP contribution in [0, 0.1) is 10.1 Å². The number of nitrogens with one attached hydrogen (secondary N) is 2. The Hall–Kier alpha value is -3.85. The normalized spacial score (nSPS) is 10.6. The number of methoxy groups -OCH3 is 1. The predicted octanol–water partition coefficient (Wildman–Crippen LogP) is 5.41. The quantitative estimate of drug-likeness (QED) is 0.233. The molecule has 0 spiro atoms. The van der Waals surface area contributed by atoms with Gasteiger partial charge >= 0.3 is 0 Å². The monoisotopic (exact) mass is 419 g/mol. The number of hydrogen-bond donors (Lipinski definition) is 2. The van der Waals surface area contributed by atoms with E-state index in [9.17, 15) is 10.1 Å². The molecule has 1 heterocycles. The van der Waals surface area contributed by atoms with E-state index < -0.39 is 4.92 Å². The topological polar surface area (TPSA) is 102 Å². The molecule has 150 valence electrons. The Morgan fingerprint density at radius 3 is 2.40 bits per heavy atom. The van der Waals surface area contributed by atoms with Crippen molar-refractivity contribution in [1.29, 1.82) is 0 Å². The van der Waals surface area contributed by atoms with Crippen LogP contribution >= 0.6 is 11.9 Å². The molecule has 30 heavy (non-hydrogen) atoms. The lowest BCUT2D eigenvalue weighted by Crippen LogP contribution is -2.02. The molecular weight excluding hydrogens is 402 g/mol. The summed E-state index contributed by atoms with van der Waals surface area (Å²) in [6.07, 6.45) is 0. The first kappa shape index (κ1) is 19.5. The second-order valence-corrected chi connectivity index (χ2v) is 7.10. The fourth-order valence-corrected chi connectivity index (χ4v) is 3.45. The Morgan fingerprint density at radius 1 is 0.933 bits per heavy atom. The summed E-state index contributed by atoms with van der Waals surface area (Å²) in [5, 5.41) is 14.3. The number of ether oxygens (including phenoxy) is 1. The van der Waals surface area contributed by atoms with Crippen LogP contribution in [-0.2, 0) is 0 Å². The number of non-ortho nitro benzene ring substituents is 1. The van der Waals surface area contributed by atoms with Crippen molar-refractivity contribution in [2.24, 2.45) is 0 Å². The van der Waals surface area contributed by atoms with E-state index >= 15 is 0 Å². The molecule has 0 radical (unpaired) electrons. The van der Waals surface area contributed by atoms with Crippen molar-refractivity contribution in [3.05, 3.63) is 82.9 Å². The van der Waals surface area contributed by atoms with Gasteiger partial charge in [-0.05, 0) is 42.3 Å². The number of fused-ring (bicyclic) bond motifs is 1. The number of nitro benzene ring substituents is 1. The van der Waals surface area contributed by atoms with Crippen LogP contribution in [0.3, 0.4) is 0 Å². The minimum atomic E-state index is -0.421. The summed E-state index contributed by atoms with van der Waals surface area (Å²) in [6, 6.07) is 21.4. The molecule has 0 fully saturated rings. The summed E-state index contributed by atoms with van der Waals surface area (Å²) in [7, 11) is 1.61. The first-order valence-corrected chi connectivity index (χ1v) is 9.79. The molecule has 4 aromatic rings. The zero-order chi connectivity index (χ0) is 20.9. The number of nitro groups is 1. The Balaban J connectivity index is 1.65.